The van der Waals surface area contributed by atoms with Crippen molar-refractivity contribution in [1.82, 2.24) is 4.98 Å². The summed E-state index contributed by atoms with van der Waals surface area (Å²) in [5.41, 5.74) is 2.98. The third-order valence-electron chi connectivity index (χ3n) is 2.51. The van der Waals surface area contributed by atoms with E-state index >= 15 is 0 Å². The van der Waals surface area contributed by atoms with Crippen LogP contribution in [0.5, 0.6) is 0 Å². The van der Waals surface area contributed by atoms with Crippen molar-refractivity contribution >= 4 is 33.2 Å². The number of hydrogen-bond donors (Lipinski definition) is 0. The van der Waals surface area contributed by atoms with Crippen LogP contribution in [-0.2, 0) is 16.0 Å². The van der Waals surface area contributed by atoms with Crippen LogP contribution in [0.1, 0.15) is 11.3 Å². The highest BCUT2D eigenvalue weighted by Crippen LogP contribution is 2.27. The first kappa shape index (κ1) is 13.2. The molecule has 0 saturated carbocycles. The molecule has 0 radical (unpaired) electrons. The highest BCUT2D eigenvalue weighted by atomic mass is 79.9. The first-order chi connectivity index (χ1) is 8.60. The Labute approximate surface area is 118 Å². The molecule has 1 heterocycles. The molecule has 0 aliphatic carbocycles. The second-order valence-electron chi connectivity index (χ2n) is 3.86. The molecule has 0 aliphatic rings. The molecule has 1 aromatic carbocycles. The largest absolute Gasteiger partial charge is 0.469 e. The first-order valence-corrected chi connectivity index (χ1v) is 7.05. The number of carbonyl (C=O) groups excluding carboxylic acids is 1. The fourth-order valence-electron chi connectivity index (χ4n) is 1.52. The van der Waals surface area contributed by atoms with E-state index in [2.05, 4.69) is 31.7 Å². The number of esters is 1. The van der Waals surface area contributed by atoms with E-state index in [0.29, 0.717) is 0 Å². The molecule has 0 saturated heterocycles. The second kappa shape index (κ2) is 5.63. The molecule has 94 valence electrons. The number of nitrogens with zero attached hydrogens (tertiary/aromatic N) is 1. The number of benzene rings is 1. The average molecular weight is 326 g/mol. The number of halogens is 1. The van der Waals surface area contributed by atoms with Crippen LogP contribution in [0.3, 0.4) is 0 Å². The minimum Gasteiger partial charge on any atom is -0.469 e. The molecule has 0 unspecified atom stereocenters. The fourth-order valence-corrected chi connectivity index (χ4v) is 2.58. The third kappa shape index (κ3) is 2.97. The summed E-state index contributed by atoms with van der Waals surface area (Å²) in [6.45, 7) is 2.04. The molecule has 0 amide bonds. The Morgan fingerprint density at radius 2 is 2.28 bits per heavy atom. The van der Waals surface area contributed by atoms with Crippen molar-refractivity contribution in [2.24, 2.45) is 0 Å². The lowest BCUT2D eigenvalue weighted by atomic mass is 10.1. The van der Waals surface area contributed by atoms with Gasteiger partial charge in [0.05, 0.1) is 19.2 Å². The quantitative estimate of drug-likeness (QED) is 0.809. The van der Waals surface area contributed by atoms with Gasteiger partial charge < -0.3 is 4.74 Å². The predicted molar refractivity (Wildman–Crippen MR) is 75.7 cm³/mol. The summed E-state index contributed by atoms with van der Waals surface area (Å²) in [6, 6.07) is 6.09. The van der Waals surface area contributed by atoms with Crippen molar-refractivity contribution in [2.75, 3.05) is 7.11 Å². The smallest absolute Gasteiger partial charge is 0.311 e. The summed E-state index contributed by atoms with van der Waals surface area (Å²) in [4.78, 5) is 15.6. The standard InChI is InChI=1S/C13H12BrNO2S/c1-8-5-9(3-4-11(8)14)13-15-10(7-18-13)6-12(16)17-2/h3-5,7H,6H2,1-2H3. The molecule has 18 heavy (non-hydrogen) atoms. The van der Waals surface area contributed by atoms with Crippen molar-refractivity contribution in [2.45, 2.75) is 13.3 Å². The maximum absolute atomic E-state index is 11.2. The molecule has 0 aliphatic heterocycles. The molecule has 0 fully saturated rings. The number of aromatic nitrogens is 1. The predicted octanol–water partition coefficient (Wildman–Crippen LogP) is 3.60. The van der Waals surface area contributed by atoms with Crippen LogP contribution < -0.4 is 0 Å². The Bertz CT molecular complexity index is 580. The van der Waals surface area contributed by atoms with Gasteiger partial charge in [-0.1, -0.05) is 22.0 Å². The number of carbonyl (C=O) groups is 1. The van der Waals surface area contributed by atoms with Crippen molar-refractivity contribution in [3.05, 3.63) is 39.3 Å². The minimum absolute atomic E-state index is 0.225. The van der Waals surface area contributed by atoms with E-state index in [1.807, 2.05) is 24.4 Å². The monoisotopic (exact) mass is 325 g/mol. The van der Waals surface area contributed by atoms with Gasteiger partial charge in [0.25, 0.3) is 0 Å². The number of ether oxygens (including phenoxy) is 1. The summed E-state index contributed by atoms with van der Waals surface area (Å²) in [5.74, 6) is -0.265. The van der Waals surface area contributed by atoms with Crippen LogP contribution in [0.2, 0.25) is 0 Å². The van der Waals surface area contributed by atoms with Gasteiger partial charge in [0.15, 0.2) is 0 Å². The molecule has 0 bridgehead atoms. The molecule has 0 atom stereocenters. The Morgan fingerprint density at radius 1 is 1.50 bits per heavy atom. The Morgan fingerprint density at radius 3 is 2.94 bits per heavy atom. The first-order valence-electron chi connectivity index (χ1n) is 5.38. The Kier molecular flexibility index (Phi) is 4.14. The van der Waals surface area contributed by atoms with Crippen molar-refractivity contribution in [1.29, 1.82) is 0 Å². The number of aryl methyl sites for hydroxylation is 1. The lowest BCUT2D eigenvalue weighted by Gasteiger charge is -2.00. The molecule has 0 N–H and O–H groups in total. The van der Waals surface area contributed by atoms with Crippen LogP contribution >= 0.6 is 27.3 Å². The van der Waals surface area contributed by atoms with Gasteiger partial charge in [-0.15, -0.1) is 11.3 Å². The average Bonchev–Trinajstić information content (AvgIpc) is 2.81. The van der Waals surface area contributed by atoms with Gasteiger partial charge in [-0.25, -0.2) is 4.98 Å². The van der Waals surface area contributed by atoms with Crippen LogP contribution in [-0.4, -0.2) is 18.1 Å². The maximum atomic E-state index is 11.2. The summed E-state index contributed by atoms with van der Waals surface area (Å²) in [6.07, 6.45) is 0.225. The lowest BCUT2D eigenvalue weighted by Crippen LogP contribution is -2.04. The van der Waals surface area contributed by atoms with Gasteiger partial charge in [-0.3, -0.25) is 4.79 Å². The van der Waals surface area contributed by atoms with Gasteiger partial charge in [0.2, 0.25) is 0 Å². The van der Waals surface area contributed by atoms with E-state index in [0.717, 1.165) is 26.3 Å². The van der Waals surface area contributed by atoms with Crippen LogP contribution in [0.4, 0.5) is 0 Å². The Hall–Kier alpha value is -1.20. The zero-order valence-electron chi connectivity index (χ0n) is 10.1. The van der Waals surface area contributed by atoms with Gasteiger partial charge >= 0.3 is 5.97 Å². The van der Waals surface area contributed by atoms with Gasteiger partial charge in [-0.2, -0.15) is 0 Å². The number of methoxy groups -OCH3 is 1. The zero-order chi connectivity index (χ0) is 13.1. The van der Waals surface area contributed by atoms with Crippen molar-refractivity contribution in [3.63, 3.8) is 0 Å². The van der Waals surface area contributed by atoms with Crippen LogP contribution in [0.25, 0.3) is 10.6 Å². The van der Waals surface area contributed by atoms with Gasteiger partial charge in [0.1, 0.15) is 5.01 Å². The SMILES string of the molecule is COC(=O)Cc1csc(-c2ccc(Br)c(C)c2)n1. The lowest BCUT2D eigenvalue weighted by molar-refractivity contribution is -0.139. The van der Waals surface area contributed by atoms with Gasteiger partial charge in [0, 0.05) is 15.4 Å². The van der Waals surface area contributed by atoms with E-state index < -0.39 is 0 Å². The van der Waals surface area contributed by atoms with Crippen molar-refractivity contribution < 1.29 is 9.53 Å². The van der Waals surface area contributed by atoms with E-state index in [1.165, 1.54) is 18.4 Å². The molecule has 5 heteroatoms. The highest BCUT2D eigenvalue weighted by molar-refractivity contribution is 9.10. The molecular formula is C13H12BrNO2S. The summed E-state index contributed by atoms with van der Waals surface area (Å²) >= 11 is 5.01. The molecule has 2 rings (SSSR count). The number of rotatable bonds is 3. The minimum atomic E-state index is -0.265. The summed E-state index contributed by atoms with van der Waals surface area (Å²) in [5, 5.41) is 2.81. The maximum Gasteiger partial charge on any atom is 0.311 e. The van der Waals surface area contributed by atoms with E-state index in [4.69, 9.17) is 0 Å². The molecular weight excluding hydrogens is 314 g/mol. The number of thiazole rings is 1. The second-order valence-corrected chi connectivity index (χ2v) is 5.57. The molecule has 1 aromatic heterocycles. The highest BCUT2D eigenvalue weighted by Gasteiger charge is 2.09. The Balaban J connectivity index is 2.23. The number of hydrogen-bond acceptors (Lipinski definition) is 4. The van der Waals surface area contributed by atoms with E-state index in [-0.39, 0.29) is 12.4 Å². The van der Waals surface area contributed by atoms with E-state index in [9.17, 15) is 4.79 Å². The summed E-state index contributed by atoms with van der Waals surface area (Å²) in [7, 11) is 1.38. The topological polar surface area (TPSA) is 39.2 Å². The van der Waals surface area contributed by atoms with Crippen LogP contribution in [0.15, 0.2) is 28.1 Å². The molecule has 0 spiro atoms. The normalized spacial score (nSPS) is 10.4. The fraction of sp³-hybridized carbons (Fsp3) is 0.231. The molecule has 3 nitrogen and oxygen atoms in total. The zero-order valence-corrected chi connectivity index (χ0v) is 12.5. The van der Waals surface area contributed by atoms with Crippen LogP contribution in [0, 0.1) is 6.92 Å². The van der Waals surface area contributed by atoms with Crippen molar-refractivity contribution in [3.8, 4) is 10.6 Å². The van der Waals surface area contributed by atoms with E-state index in [1.54, 1.807) is 0 Å². The van der Waals surface area contributed by atoms with Gasteiger partial charge in [-0.05, 0) is 24.6 Å². The third-order valence-corrected chi connectivity index (χ3v) is 4.34. The molecule has 2 aromatic rings. The summed E-state index contributed by atoms with van der Waals surface area (Å²) < 4.78 is 5.70.